The van der Waals surface area contributed by atoms with Crippen LogP contribution in [-0.4, -0.2) is 40.4 Å². The number of guanidine groups is 1. The van der Waals surface area contributed by atoms with E-state index in [0.29, 0.717) is 29.5 Å². The minimum Gasteiger partial charge on any atom is -0.356 e. The smallest absolute Gasteiger partial charge is 0.191 e. The molecule has 1 unspecified atom stereocenters. The Morgan fingerprint density at radius 1 is 1.46 bits per heavy atom. The maximum absolute atomic E-state index is 13.8. The highest BCUT2D eigenvalue weighted by molar-refractivity contribution is 6.31. The minimum atomic E-state index is -0.278. The summed E-state index contributed by atoms with van der Waals surface area (Å²) in [5.74, 6) is 2.36. The highest BCUT2D eigenvalue weighted by atomic mass is 35.5. The second kappa shape index (κ2) is 8.49. The largest absolute Gasteiger partial charge is 0.356 e. The summed E-state index contributed by atoms with van der Waals surface area (Å²) >= 11 is 6.07. The molecular weight excluding hydrogens is 355 g/mol. The van der Waals surface area contributed by atoms with Crippen LogP contribution < -0.4 is 10.6 Å². The Kier molecular flexibility index (Phi) is 6.08. The van der Waals surface area contributed by atoms with E-state index in [9.17, 15) is 4.39 Å². The molecule has 0 saturated heterocycles. The van der Waals surface area contributed by atoms with Crippen LogP contribution in [-0.2, 0) is 25.8 Å². The predicted molar refractivity (Wildman–Crippen MR) is 101 cm³/mol. The van der Waals surface area contributed by atoms with Gasteiger partial charge in [-0.25, -0.2) is 14.1 Å². The summed E-state index contributed by atoms with van der Waals surface area (Å²) < 4.78 is 15.8. The molecule has 0 radical (unpaired) electrons. The Balaban J connectivity index is 1.52. The molecule has 6 nitrogen and oxygen atoms in total. The van der Waals surface area contributed by atoms with E-state index < -0.39 is 0 Å². The molecule has 0 spiro atoms. The molecule has 2 aromatic rings. The predicted octanol–water partition coefficient (Wildman–Crippen LogP) is 2.36. The summed E-state index contributed by atoms with van der Waals surface area (Å²) in [5, 5.41) is 11.6. The van der Waals surface area contributed by atoms with Gasteiger partial charge in [0.15, 0.2) is 11.8 Å². The molecule has 8 heteroatoms. The molecule has 1 atom stereocenters. The SMILES string of the molecule is CCc1nc2n(n1)CC(NC(=NC)NCCc1c(F)cccc1Cl)CC2. The van der Waals surface area contributed by atoms with Gasteiger partial charge in [0, 0.05) is 43.1 Å². The number of nitrogens with zero attached hydrogens (tertiary/aromatic N) is 4. The Morgan fingerprint density at radius 3 is 3.04 bits per heavy atom. The molecule has 1 aromatic heterocycles. The number of halogens is 2. The van der Waals surface area contributed by atoms with Crippen molar-refractivity contribution in [1.29, 1.82) is 0 Å². The molecule has 0 amide bonds. The molecule has 1 aromatic carbocycles. The van der Waals surface area contributed by atoms with E-state index in [4.69, 9.17) is 11.6 Å². The number of nitrogens with one attached hydrogen (secondary N) is 2. The van der Waals surface area contributed by atoms with Gasteiger partial charge in [0.2, 0.25) is 0 Å². The lowest BCUT2D eigenvalue weighted by Crippen LogP contribution is -2.47. The fraction of sp³-hybridized carbons (Fsp3) is 0.500. The van der Waals surface area contributed by atoms with Gasteiger partial charge in [0.05, 0.1) is 6.54 Å². The topological polar surface area (TPSA) is 67.1 Å². The van der Waals surface area contributed by atoms with E-state index in [1.165, 1.54) is 6.07 Å². The number of aliphatic imine (C=N–C) groups is 1. The van der Waals surface area contributed by atoms with Crippen molar-refractivity contribution in [1.82, 2.24) is 25.4 Å². The van der Waals surface area contributed by atoms with Crippen molar-refractivity contribution in [3.8, 4) is 0 Å². The van der Waals surface area contributed by atoms with E-state index in [-0.39, 0.29) is 11.9 Å². The highest BCUT2D eigenvalue weighted by Gasteiger charge is 2.22. The molecule has 0 fully saturated rings. The van der Waals surface area contributed by atoms with Gasteiger partial charge in [-0.15, -0.1) is 0 Å². The van der Waals surface area contributed by atoms with Gasteiger partial charge >= 0.3 is 0 Å². The number of rotatable bonds is 5. The van der Waals surface area contributed by atoms with Crippen molar-refractivity contribution in [2.24, 2.45) is 4.99 Å². The van der Waals surface area contributed by atoms with Gasteiger partial charge in [-0.05, 0) is 25.0 Å². The van der Waals surface area contributed by atoms with E-state index in [0.717, 1.165) is 37.5 Å². The van der Waals surface area contributed by atoms with Gasteiger partial charge in [0.1, 0.15) is 11.6 Å². The molecule has 0 bridgehead atoms. The Morgan fingerprint density at radius 2 is 2.31 bits per heavy atom. The fourth-order valence-corrected chi connectivity index (χ4v) is 3.35. The van der Waals surface area contributed by atoms with Gasteiger partial charge in [-0.1, -0.05) is 24.6 Å². The van der Waals surface area contributed by atoms with Gasteiger partial charge in [-0.3, -0.25) is 4.99 Å². The van der Waals surface area contributed by atoms with Crippen molar-refractivity contribution >= 4 is 17.6 Å². The average Bonchev–Trinajstić information content (AvgIpc) is 3.05. The lowest BCUT2D eigenvalue weighted by atomic mass is 10.1. The number of aryl methyl sites for hydroxylation is 2. The molecule has 1 aliphatic rings. The van der Waals surface area contributed by atoms with Crippen LogP contribution in [0.15, 0.2) is 23.2 Å². The number of hydrogen-bond acceptors (Lipinski definition) is 3. The summed E-state index contributed by atoms with van der Waals surface area (Å²) in [6.45, 7) is 3.37. The maximum Gasteiger partial charge on any atom is 0.191 e. The van der Waals surface area contributed by atoms with E-state index in [1.807, 2.05) is 4.68 Å². The van der Waals surface area contributed by atoms with Crippen molar-refractivity contribution in [2.45, 2.75) is 45.2 Å². The molecule has 2 N–H and O–H groups in total. The van der Waals surface area contributed by atoms with Gasteiger partial charge in [-0.2, -0.15) is 5.10 Å². The zero-order valence-corrected chi connectivity index (χ0v) is 15.9. The first-order valence-electron chi connectivity index (χ1n) is 8.93. The first-order chi connectivity index (χ1) is 12.6. The van der Waals surface area contributed by atoms with Crippen LogP contribution in [0, 0.1) is 5.82 Å². The summed E-state index contributed by atoms with van der Waals surface area (Å²) in [7, 11) is 1.73. The molecule has 2 heterocycles. The third kappa shape index (κ3) is 4.33. The molecule has 3 rings (SSSR count). The van der Waals surface area contributed by atoms with Crippen LogP contribution in [0.2, 0.25) is 5.02 Å². The van der Waals surface area contributed by atoms with E-state index in [2.05, 4.69) is 32.6 Å². The molecule has 1 aliphatic heterocycles. The molecule has 0 aliphatic carbocycles. The fourth-order valence-electron chi connectivity index (χ4n) is 3.09. The second-order valence-electron chi connectivity index (χ2n) is 6.31. The van der Waals surface area contributed by atoms with Crippen LogP contribution in [0.5, 0.6) is 0 Å². The third-order valence-corrected chi connectivity index (χ3v) is 4.87. The second-order valence-corrected chi connectivity index (χ2v) is 6.72. The molecule has 140 valence electrons. The monoisotopic (exact) mass is 378 g/mol. The van der Waals surface area contributed by atoms with Crippen LogP contribution in [0.4, 0.5) is 4.39 Å². The van der Waals surface area contributed by atoms with Crippen LogP contribution >= 0.6 is 11.6 Å². The number of benzene rings is 1. The standard InChI is InChI=1S/C18H24ClFN6/c1-3-16-24-17-8-7-12(11-26(17)25-16)23-18(21-2)22-10-9-13-14(19)5-4-6-15(13)20/h4-6,12H,3,7-11H2,1-2H3,(H2,21,22,23). The average molecular weight is 379 g/mol. The Labute approximate surface area is 157 Å². The zero-order valence-electron chi connectivity index (χ0n) is 15.1. The van der Waals surface area contributed by atoms with Crippen LogP contribution in [0.3, 0.4) is 0 Å². The van der Waals surface area contributed by atoms with Crippen LogP contribution in [0.1, 0.15) is 30.6 Å². The maximum atomic E-state index is 13.8. The van der Waals surface area contributed by atoms with Crippen LogP contribution in [0.25, 0.3) is 0 Å². The lowest BCUT2D eigenvalue weighted by molar-refractivity contribution is 0.392. The van der Waals surface area contributed by atoms with Gasteiger partial charge < -0.3 is 10.6 Å². The van der Waals surface area contributed by atoms with Crippen molar-refractivity contribution in [3.63, 3.8) is 0 Å². The molecule has 0 saturated carbocycles. The summed E-state index contributed by atoms with van der Waals surface area (Å²) in [4.78, 5) is 8.79. The molecular formula is C18H24ClFN6. The normalized spacial score (nSPS) is 17.1. The summed E-state index contributed by atoms with van der Waals surface area (Å²) in [6.07, 6.45) is 3.21. The highest BCUT2D eigenvalue weighted by Crippen LogP contribution is 2.19. The van der Waals surface area contributed by atoms with Crippen molar-refractivity contribution in [2.75, 3.05) is 13.6 Å². The van der Waals surface area contributed by atoms with E-state index >= 15 is 0 Å². The Bertz CT molecular complexity index is 768. The van der Waals surface area contributed by atoms with Crippen molar-refractivity contribution < 1.29 is 4.39 Å². The minimum absolute atomic E-state index is 0.233. The molecule has 26 heavy (non-hydrogen) atoms. The van der Waals surface area contributed by atoms with Gasteiger partial charge in [0.25, 0.3) is 0 Å². The summed E-state index contributed by atoms with van der Waals surface area (Å²) in [6, 6.07) is 4.98. The first kappa shape index (κ1) is 18.6. The number of fused-ring (bicyclic) bond motifs is 1. The number of hydrogen-bond donors (Lipinski definition) is 2. The lowest BCUT2D eigenvalue weighted by Gasteiger charge is -2.25. The zero-order chi connectivity index (χ0) is 18.5. The first-order valence-corrected chi connectivity index (χ1v) is 9.31. The third-order valence-electron chi connectivity index (χ3n) is 4.51. The summed E-state index contributed by atoms with van der Waals surface area (Å²) in [5.41, 5.74) is 0.522. The Hall–Kier alpha value is -2.15. The van der Waals surface area contributed by atoms with E-state index in [1.54, 1.807) is 19.2 Å². The number of aromatic nitrogens is 3. The quantitative estimate of drug-likeness (QED) is 0.619. The van der Waals surface area contributed by atoms with Crippen molar-refractivity contribution in [3.05, 3.63) is 46.3 Å².